The molecule has 1 atom stereocenters. The van der Waals surface area contributed by atoms with Crippen molar-refractivity contribution in [3.05, 3.63) is 78.4 Å². The zero-order valence-electron chi connectivity index (χ0n) is 11.3. The third kappa shape index (κ3) is 7.58. The molecular formula is C20H30. The first-order valence-corrected chi connectivity index (χ1v) is 6.50. The highest BCUT2D eigenvalue weighted by molar-refractivity contribution is 5.45. The van der Waals surface area contributed by atoms with Crippen LogP contribution in [-0.2, 0) is 0 Å². The summed E-state index contributed by atoms with van der Waals surface area (Å²) in [4.78, 5) is 0. The molecule has 0 nitrogen and oxygen atoms in total. The Hall–Kier alpha value is -1.82. The second-order valence-electron chi connectivity index (χ2n) is 4.33. The van der Waals surface area contributed by atoms with E-state index in [1.165, 1.54) is 17.5 Å². The van der Waals surface area contributed by atoms with Gasteiger partial charge in [0, 0.05) is 0 Å². The Balaban J connectivity index is 0. The summed E-state index contributed by atoms with van der Waals surface area (Å²) in [7, 11) is 0. The fourth-order valence-corrected chi connectivity index (χ4v) is 1.61. The van der Waals surface area contributed by atoms with E-state index in [0.29, 0.717) is 5.92 Å². The SMILES string of the molecule is C.C.C=Cc1ccccc1.CCC(C)c1ccccc1. The molecule has 0 aromatic heterocycles. The molecule has 0 saturated carbocycles. The normalized spacial score (nSPS) is 9.90. The van der Waals surface area contributed by atoms with E-state index in [0.717, 1.165) is 0 Å². The maximum atomic E-state index is 3.63. The van der Waals surface area contributed by atoms with Gasteiger partial charge < -0.3 is 0 Å². The predicted octanol–water partition coefficient (Wildman–Crippen LogP) is 6.80. The maximum absolute atomic E-state index is 3.63. The van der Waals surface area contributed by atoms with Crippen molar-refractivity contribution in [3.8, 4) is 0 Å². The summed E-state index contributed by atoms with van der Waals surface area (Å²) < 4.78 is 0. The average molecular weight is 270 g/mol. The van der Waals surface area contributed by atoms with Crippen LogP contribution < -0.4 is 0 Å². The number of benzene rings is 2. The van der Waals surface area contributed by atoms with Crippen LogP contribution in [0.1, 0.15) is 52.2 Å². The van der Waals surface area contributed by atoms with Gasteiger partial charge in [0.05, 0.1) is 0 Å². The van der Waals surface area contributed by atoms with Gasteiger partial charge >= 0.3 is 0 Å². The zero-order valence-corrected chi connectivity index (χ0v) is 11.3. The van der Waals surface area contributed by atoms with E-state index in [1.807, 2.05) is 36.4 Å². The molecule has 0 heterocycles. The lowest BCUT2D eigenvalue weighted by atomic mass is 9.99. The van der Waals surface area contributed by atoms with Crippen molar-refractivity contribution >= 4 is 6.08 Å². The minimum absolute atomic E-state index is 0. The summed E-state index contributed by atoms with van der Waals surface area (Å²) in [5.41, 5.74) is 2.62. The van der Waals surface area contributed by atoms with Gasteiger partial charge in [-0.15, -0.1) is 0 Å². The van der Waals surface area contributed by atoms with Crippen LogP contribution in [0.5, 0.6) is 0 Å². The van der Waals surface area contributed by atoms with Gasteiger partial charge in [-0.2, -0.15) is 0 Å². The van der Waals surface area contributed by atoms with Crippen LogP contribution in [0, 0.1) is 0 Å². The van der Waals surface area contributed by atoms with E-state index < -0.39 is 0 Å². The molecule has 0 spiro atoms. The van der Waals surface area contributed by atoms with Crippen LogP contribution in [0.25, 0.3) is 6.08 Å². The molecule has 0 radical (unpaired) electrons. The summed E-state index contributed by atoms with van der Waals surface area (Å²) in [6, 6.07) is 20.7. The highest BCUT2D eigenvalue weighted by Gasteiger charge is 1.98. The van der Waals surface area contributed by atoms with Crippen LogP contribution in [0.4, 0.5) is 0 Å². The van der Waals surface area contributed by atoms with Gasteiger partial charge in [-0.05, 0) is 23.5 Å². The molecule has 20 heavy (non-hydrogen) atoms. The molecule has 0 bridgehead atoms. The van der Waals surface area contributed by atoms with Crippen molar-refractivity contribution in [1.82, 2.24) is 0 Å². The molecule has 0 heteroatoms. The molecular weight excluding hydrogens is 240 g/mol. The van der Waals surface area contributed by atoms with E-state index in [-0.39, 0.29) is 14.9 Å². The lowest BCUT2D eigenvalue weighted by Gasteiger charge is -2.06. The molecule has 0 aliphatic carbocycles. The molecule has 0 saturated heterocycles. The highest BCUT2D eigenvalue weighted by Crippen LogP contribution is 2.16. The van der Waals surface area contributed by atoms with Crippen LogP contribution in [0.3, 0.4) is 0 Å². The van der Waals surface area contributed by atoms with Crippen molar-refractivity contribution in [2.24, 2.45) is 0 Å². The van der Waals surface area contributed by atoms with Gasteiger partial charge in [0.2, 0.25) is 0 Å². The van der Waals surface area contributed by atoms with E-state index >= 15 is 0 Å². The number of rotatable bonds is 3. The summed E-state index contributed by atoms with van der Waals surface area (Å²) in [5.74, 6) is 0.709. The lowest BCUT2D eigenvalue weighted by molar-refractivity contribution is 0.733. The summed E-state index contributed by atoms with van der Waals surface area (Å²) in [6.45, 7) is 8.11. The van der Waals surface area contributed by atoms with Crippen molar-refractivity contribution in [2.45, 2.75) is 41.0 Å². The minimum atomic E-state index is 0. The molecule has 0 aliphatic rings. The van der Waals surface area contributed by atoms with Crippen molar-refractivity contribution in [3.63, 3.8) is 0 Å². The second-order valence-corrected chi connectivity index (χ2v) is 4.33. The molecule has 0 amide bonds. The summed E-state index contributed by atoms with van der Waals surface area (Å²) in [5, 5.41) is 0. The van der Waals surface area contributed by atoms with E-state index in [1.54, 1.807) is 0 Å². The van der Waals surface area contributed by atoms with Crippen LogP contribution in [0.2, 0.25) is 0 Å². The molecule has 110 valence electrons. The fraction of sp³-hybridized carbons (Fsp3) is 0.300. The van der Waals surface area contributed by atoms with Gasteiger partial charge in [0.15, 0.2) is 0 Å². The van der Waals surface area contributed by atoms with E-state index in [9.17, 15) is 0 Å². The van der Waals surface area contributed by atoms with E-state index in [4.69, 9.17) is 0 Å². The van der Waals surface area contributed by atoms with E-state index in [2.05, 4.69) is 50.8 Å². The van der Waals surface area contributed by atoms with Crippen molar-refractivity contribution < 1.29 is 0 Å². The summed E-state index contributed by atoms with van der Waals surface area (Å²) in [6.07, 6.45) is 3.06. The molecule has 2 aromatic rings. The standard InChI is InChI=1S/C10H14.C8H8.2CH4/c1-3-9(2)10-7-5-4-6-8-10;1-2-8-6-4-3-5-7-8;;/h4-9H,3H2,1-2H3;2-7H,1H2;2*1H4. The molecule has 0 fully saturated rings. The Morgan fingerprint density at radius 3 is 1.70 bits per heavy atom. The monoisotopic (exact) mass is 270 g/mol. The molecule has 0 aliphatic heterocycles. The molecule has 1 unspecified atom stereocenters. The van der Waals surface area contributed by atoms with Crippen molar-refractivity contribution in [2.75, 3.05) is 0 Å². The van der Waals surface area contributed by atoms with Gasteiger partial charge in [-0.25, -0.2) is 0 Å². The van der Waals surface area contributed by atoms with Gasteiger partial charge in [-0.1, -0.05) is 102 Å². The largest absolute Gasteiger partial charge is 0.0985 e. The number of hydrogen-bond donors (Lipinski definition) is 0. The van der Waals surface area contributed by atoms with Gasteiger partial charge in [0.25, 0.3) is 0 Å². The minimum Gasteiger partial charge on any atom is -0.0985 e. The van der Waals surface area contributed by atoms with Crippen LogP contribution in [0.15, 0.2) is 67.2 Å². The number of hydrogen-bond acceptors (Lipinski definition) is 0. The highest BCUT2D eigenvalue weighted by atomic mass is 14.0. The third-order valence-electron chi connectivity index (χ3n) is 3.02. The van der Waals surface area contributed by atoms with Crippen molar-refractivity contribution in [1.29, 1.82) is 0 Å². The Morgan fingerprint density at radius 1 is 0.900 bits per heavy atom. The Morgan fingerprint density at radius 2 is 1.35 bits per heavy atom. The van der Waals surface area contributed by atoms with Gasteiger partial charge in [-0.3, -0.25) is 0 Å². The second kappa shape index (κ2) is 12.2. The predicted molar refractivity (Wildman–Crippen MR) is 95.1 cm³/mol. The van der Waals surface area contributed by atoms with Gasteiger partial charge in [0.1, 0.15) is 0 Å². The summed E-state index contributed by atoms with van der Waals surface area (Å²) >= 11 is 0. The van der Waals surface area contributed by atoms with Crippen LogP contribution in [-0.4, -0.2) is 0 Å². The lowest BCUT2D eigenvalue weighted by Crippen LogP contribution is -1.88. The topological polar surface area (TPSA) is 0 Å². The Bertz CT molecular complexity index is 428. The first-order valence-electron chi connectivity index (χ1n) is 6.50. The zero-order chi connectivity index (χ0) is 13.2. The Kier molecular flexibility index (Phi) is 12.5. The quantitative estimate of drug-likeness (QED) is 0.575. The molecule has 2 aromatic carbocycles. The first-order chi connectivity index (χ1) is 8.77. The fourth-order valence-electron chi connectivity index (χ4n) is 1.61. The molecule has 2 rings (SSSR count). The van der Waals surface area contributed by atoms with Crippen LogP contribution >= 0.6 is 0 Å². The average Bonchev–Trinajstić information content (AvgIpc) is 2.49. The Labute approximate surface area is 126 Å². The third-order valence-corrected chi connectivity index (χ3v) is 3.02. The first kappa shape index (κ1) is 20.5. The molecule has 0 N–H and O–H groups in total. The smallest absolute Gasteiger partial charge is 0.0193 e. The maximum Gasteiger partial charge on any atom is -0.0193 e.